The summed E-state index contributed by atoms with van der Waals surface area (Å²) >= 11 is 9.49. The molecule has 3 nitrogen and oxygen atoms in total. The van der Waals surface area contributed by atoms with Gasteiger partial charge < -0.3 is 4.57 Å². The van der Waals surface area contributed by atoms with Gasteiger partial charge in [0.05, 0.1) is 5.88 Å². The van der Waals surface area contributed by atoms with Crippen molar-refractivity contribution in [2.75, 3.05) is 0 Å². The molecule has 0 amide bonds. The van der Waals surface area contributed by atoms with Gasteiger partial charge in [-0.3, -0.25) is 0 Å². The molecule has 2 aromatic heterocycles. The van der Waals surface area contributed by atoms with Crippen LogP contribution in [-0.2, 0) is 5.88 Å². The number of hydrogen-bond donors (Lipinski definition) is 0. The van der Waals surface area contributed by atoms with Crippen LogP contribution < -0.4 is 0 Å². The van der Waals surface area contributed by atoms with Crippen LogP contribution in [0.2, 0.25) is 0 Å². The smallest absolute Gasteiger partial charge is 0.160 e. The molecule has 0 aliphatic heterocycles. The normalized spacial score (nSPS) is 13.4. The van der Waals surface area contributed by atoms with Crippen LogP contribution in [0.3, 0.4) is 0 Å². The molecule has 5 heteroatoms. The van der Waals surface area contributed by atoms with Crippen molar-refractivity contribution < 1.29 is 0 Å². The zero-order valence-electron chi connectivity index (χ0n) is 11.5. The second-order valence-electron chi connectivity index (χ2n) is 4.85. The van der Waals surface area contributed by atoms with Gasteiger partial charge >= 0.3 is 0 Å². The van der Waals surface area contributed by atoms with Crippen molar-refractivity contribution in [2.45, 2.75) is 45.5 Å². The van der Waals surface area contributed by atoms with Gasteiger partial charge in [0.1, 0.15) is 11.3 Å². The van der Waals surface area contributed by atoms with Gasteiger partial charge in [-0.25, -0.2) is 9.97 Å². The molecule has 2 aromatic rings. The third-order valence-corrected chi connectivity index (χ3v) is 4.50. The highest BCUT2D eigenvalue weighted by molar-refractivity contribution is 9.10. The van der Waals surface area contributed by atoms with Crippen LogP contribution in [0.5, 0.6) is 0 Å². The topological polar surface area (TPSA) is 30.7 Å². The predicted molar refractivity (Wildman–Crippen MR) is 83.6 cm³/mol. The van der Waals surface area contributed by atoms with E-state index in [4.69, 9.17) is 11.6 Å². The van der Waals surface area contributed by atoms with Crippen molar-refractivity contribution in [2.24, 2.45) is 5.92 Å². The lowest BCUT2D eigenvalue weighted by atomic mass is 9.95. The van der Waals surface area contributed by atoms with E-state index in [1.165, 1.54) is 0 Å². The lowest BCUT2D eigenvalue weighted by molar-refractivity contribution is 0.333. The van der Waals surface area contributed by atoms with E-state index in [2.05, 4.69) is 51.2 Å². The number of pyridine rings is 1. The van der Waals surface area contributed by atoms with Gasteiger partial charge in [0, 0.05) is 16.7 Å². The molecule has 2 rings (SSSR count). The van der Waals surface area contributed by atoms with Crippen molar-refractivity contribution in [3.63, 3.8) is 0 Å². The van der Waals surface area contributed by atoms with E-state index in [9.17, 15) is 0 Å². The molecule has 2 heterocycles. The molecule has 0 aliphatic carbocycles. The quantitative estimate of drug-likeness (QED) is 0.720. The molecule has 104 valence electrons. The maximum Gasteiger partial charge on any atom is 0.160 e. The van der Waals surface area contributed by atoms with E-state index in [1.807, 2.05) is 12.3 Å². The Bertz CT molecular complexity index is 563. The van der Waals surface area contributed by atoms with E-state index >= 15 is 0 Å². The zero-order chi connectivity index (χ0) is 14.0. The first kappa shape index (κ1) is 14.8. The molecule has 1 atom stereocenters. The predicted octanol–water partition coefficient (Wildman–Crippen LogP) is 4.93. The molecule has 19 heavy (non-hydrogen) atoms. The maximum absolute atomic E-state index is 6.06. The molecule has 1 unspecified atom stereocenters. The second kappa shape index (κ2) is 6.23. The summed E-state index contributed by atoms with van der Waals surface area (Å²) in [6.07, 6.45) is 4.11. The largest absolute Gasteiger partial charge is 0.309 e. The number of rotatable bonds is 5. The Balaban J connectivity index is 2.57. The van der Waals surface area contributed by atoms with Crippen LogP contribution in [0.4, 0.5) is 0 Å². The molecule has 0 spiro atoms. The maximum atomic E-state index is 6.06. The Morgan fingerprint density at radius 3 is 2.63 bits per heavy atom. The number of hydrogen-bond acceptors (Lipinski definition) is 2. The molecular weight excluding hydrogens is 326 g/mol. The van der Waals surface area contributed by atoms with Crippen molar-refractivity contribution in [3.05, 3.63) is 22.6 Å². The Morgan fingerprint density at radius 2 is 2.05 bits per heavy atom. The highest BCUT2D eigenvalue weighted by Crippen LogP contribution is 2.30. The molecule has 0 radical (unpaired) electrons. The van der Waals surface area contributed by atoms with Crippen molar-refractivity contribution in [3.8, 4) is 0 Å². The van der Waals surface area contributed by atoms with Gasteiger partial charge in [0.25, 0.3) is 0 Å². The van der Waals surface area contributed by atoms with Crippen molar-refractivity contribution in [1.29, 1.82) is 0 Å². The average molecular weight is 345 g/mol. The van der Waals surface area contributed by atoms with Crippen LogP contribution in [0.1, 0.15) is 45.5 Å². The van der Waals surface area contributed by atoms with Crippen molar-refractivity contribution >= 4 is 38.7 Å². The number of nitrogens with zero attached hydrogens (tertiary/aromatic N) is 3. The lowest BCUT2D eigenvalue weighted by Gasteiger charge is -2.24. The molecular formula is C14H19BrClN3. The SMILES string of the molecule is CCC(CC)C(C)n1c(CCl)nc2cc(Br)cnc21. The summed E-state index contributed by atoms with van der Waals surface area (Å²) in [7, 11) is 0. The number of aromatic nitrogens is 3. The fraction of sp³-hybridized carbons (Fsp3) is 0.571. The number of alkyl halides is 1. The van der Waals surface area contributed by atoms with Crippen LogP contribution >= 0.6 is 27.5 Å². The summed E-state index contributed by atoms with van der Waals surface area (Å²) in [4.78, 5) is 9.12. The van der Waals surface area contributed by atoms with Gasteiger partial charge in [0.15, 0.2) is 5.65 Å². The first-order valence-electron chi connectivity index (χ1n) is 6.70. The first-order chi connectivity index (χ1) is 9.12. The Hall–Kier alpha value is -0.610. The van der Waals surface area contributed by atoms with Gasteiger partial charge in [0.2, 0.25) is 0 Å². The van der Waals surface area contributed by atoms with Crippen LogP contribution in [0, 0.1) is 5.92 Å². The van der Waals surface area contributed by atoms with Gasteiger partial charge in [-0.1, -0.05) is 26.7 Å². The third kappa shape index (κ3) is 2.79. The van der Waals surface area contributed by atoms with Crippen LogP contribution in [0.15, 0.2) is 16.7 Å². The summed E-state index contributed by atoms with van der Waals surface area (Å²) in [5.74, 6) is 1.94. The van der Waals surface area contributed by atoms with Gasteiger partial charge in [-0.15, -0.1) is 11.6 Å². The first-order valence-corrected chi connectivity index (χ1v) is 8.03. The van der Waals surface area contributed by atoms with E-state index in [0.29, 0.717) is 17.8 Å². The molecule has 0 saturated carbocycles. The summed E-state index contributed by atoms with van der Waals surface area (Å²) in [5, 5.41) is 0. The Kier molecular flexibility index (Phi) is 4.85. The molecule has 0 aliphatic rings. The fourth-order valence-corrected chi connectivity index (χ4v) is 3.22. The lowest BCUT2D eigenvalue weighted by Crippen LogP contribution is -2.17. The summed E-state index contributed by atoms with van der Waals surface area (Å²) in [5.41, 5.74) is 1.83. The number of halogens is 2. The molecule has 0 aromatic carbocycles. The van der Waals surface area contributed by atoms with Crippen molar-refractivity contribution in [1.82, 2.24) is 14.5 Å². The summed E-state index contributed by atoms with van der Waals surface area (Å²) in [6.45, 7) is 6.70. The average Bonchev–Trinajstić information content (AvgIpc) is 2.77. The monoisotopic (exact) mass is 343 g/mol. The van der Waals surface area contributed by atoms with Crippen LogP contribution in [-0.4, -0.2) is 14.5 Å². The van der Waals surface area contributed by atoms with Crippen LogP contribution in [0.25, 0.3) is 11.2 Å². The summed E-state index contributed by atoms with van der Waals surface area (Å²) in [6, 6.07) is 2.36. The number of fused-ring (bicyclic) bond motifs is 1. The Morgan fingerprint density at radius 1 is 1.37 bits per heavy atom. The minimum absolute atomic E-state index is 0.363. The standard InChI is InChI=1S/C14H19BrClN3/c1-4-10(5-2)9(3)19-13(7-16)18-12-6-11(15)8-17-14(12)19/h6,8-10H,4-5,7H2,1-3H3. The van der Waals surface area contributed by atoms with Gasteiger partial charge in [-0.05, 0) is 34.8 Å². The van der Waals surface area contributed by atoms with E-state index in [-0.39, 0.29) is 0 Å². The zero-order valence-corrected chi connectivity index (χ0v) is 13.9. The minimum atomic E-state index is 0.363. The highest BCUT2D eigenvalue weighted by atomic mass is 79.9. The van der Waals surface area contributed by atoms with E-state index in [1.54, 1.807) is 0 Å². The molecule has 0 fully saturated rings. The Labute approximate surface area is 127 Å². The fourth-order valence-electron chi connectivity index (χ4n) is 2.71. The van der Waals surface area contributed by atoms with E-state index < -0.39 is 0 Å². The summed E-state index contributed by atoms with van der Waals surface area (Å²) < 4.78 is 3.15. The highest BCUT2D eigenvalue weighted by Gasteiger charge is 2.21. The van der Waals surface area contributed by atoms with Gasteiger partial charge in [-0.2, -0.15) is 0 Å². The van der Waals surface area contributed by atoms with E-state index in [0.717, 1.165) is 34.3 Å². The third-order valence-electron chi connectivity index (χ3n) is 3.83. The number of imidazole rings is 1. The second-order valence-corrected chi connectivity index (χ2v) is 6.03. The minimum Gasteiger partial charge on any atom is -0.309 e. The molecule has 0 bridgehead atoms. The molecule has 0 N–H and O–H groups in total. The molecule has 0 saturated heterocycles.